The summed E-state index contributed by atoms with van der Waals surface area (Å²) in [6, 6.07) is 9.11. The smallest absolute Gasteiger partial charge is 0.0713 e. The minimum Gasteiger partial charge on any atom is -0.380 e. The van der Waals surface area contributed by atoms with Crippen molar-refractivity contribution in [3.63, 3.8) is 0 Å². The van der Waals surface area contributed by atoms with Gasteiger partial charge in [0.25, 0.3) is 0 Å². The van der Waals surface area contributed by atoms with Crippen LogP contribution < -0.4 is 0 Å². The van der Waals surface area contributed by atoms with Crippen LogP contribution in [-0.2, 0) is 4.74 Å². The molecule has 0 spiro atoms. The van der Waals surface area contributed by atoms with Crippen LogP contribution in [0.15, 0.2) is 24.3 Å². The van der Waals surface area contributed by atoms with Crippen molar-refractivity contribution in [2.24, 2.45) is 0 Å². The highest BCUT2D eigenvalue weighted by molar-refractivity contribution is 6.30. The largest absolute Gasteiger partial charge is 0.380 e. The molecule has 0 saturated carbocycles. The quantitative estimate of drug-likeness (QED) is 0.830. The van der Waals surface area contributed by atoms with E-state index in [9.17, 15) is 0 Å². The van der Waals surface area contributed by atoms with Gasteiger partial charge in [0.05, 0.1) is 6.10 Å². The lowest BCUT2D eigenvalue weighted by Gasteiger charge is -2.30. The predicted octanol–water partition coefficient (Wildman–Crippen LogP) is 3.05. The fourth-order valence-corrected chi connectivity index (χ4v) is 3.03. The van der Waals surface area contributed by atoms with Gasteiger partial charge in [0.2, 0.25) is 0 Å². The van der Waals surface area contributed by atoms with Crippen LogP contribution in [0.3, 0.4) is 0 Å². The fraction of sp³-hybridized carbons (Fsp3) is 0.625. The Kier molecular flexibility index (Phi) is 5.44. The van der Waals surface area contributed by atoms with Crippen LogP contribution in [0.5, 0.6) is 0 Å². The molecule has 4 heteroatoms. The number of nitrogens with zero attached hydrogens (tertiary/aromatic N) is 2. The van der Waals surface area contributed by atoms with Crippen LogP contribution in [-0.4, -0.2) is 56.2 Å². The Morgan fingerprint density at radius 3 is 2.60 bits per heavy atom. The summed E-state index contributed by atoms with van der Waals surface area (Å²) in [4.78, 5) is 4.81. The highest BCUT2D eigenvalue weighted by Gasteiger charge is 2.30. The van der Waals surface area contributed by atoms with Crippen molar-refractivity contribution in [3.05, 3.63) is 34.9 Å². The number of likely N-dealkylation sites (N-methyl/N-ethyl adjacent to an activating group) is 2. The molecule has 1 saturated heterocycles. The number of hydrogen-bond donors (Lipinski definition) is 0. The Morgan fingerprint density at radius 2 is 2.05 bits per heavy atom. The third-order valence-corrected chi connectivity index (χ3v) is 4.75. The van der Waals surface area contributed by atoms with Gasteiger partial charge in [-0.2, -0.15) is 0 Å². The third-order valence-electron chi connectivity index (χ3n) is 4.50. The van der Waals surface area contributed by atoms with E-state index in [-0.39, 0.29) is 0 Å². The molecule has 3 nitrogen and oxygen atoms in total. The van der Waals surface area contributed by atoms with Crippen molar-refractivity contribution in [1.29, 1.82) is 0 Å². The minimum atomic E-state index is 0.379. The summed E-state index contributed by atoms with van der Waals surface area (Å²) in [5.41, 5.74) is 1.31. The Bertz CT molecular complexity index is 423. The molecular weight excluding hydrogens is 272 g/mol. The standard InChI is InChI=1S/C16H25ClN2O/c1-12(13-5-7-14(17)8-6-13)18(2)10-15-9-16(20-4)11-19(15)3/h5-8,12,15-16H,9-11H2,1-4H3/t12?,15-,16-/m0/s1. The number of halogens is 1. The van der Waals surface area contributed by atoms with Gasteiger partial charge in [0, 0.05) is 37.3 Å². The molecule has 0 aliphatic carbocycles. The van der Waals surface area contributed by atoms with Crippen LogP contribution in [0, 0.1) is 0 Å². The Balaban J connectivity index is 1.94. The Hall–Kier alpha value is -0.610. The van der Waals surface area contributed by atoms with E-state index in [1.807, 2.05) is 12.1 Å². The molecule has 1 fully saturated rings. The van der Waals surface area contributed by atoms with E-state index >= 15 is 0 Å². The maximum Gasteiger partial charge on any atom is 0.0713 e. The van der Waals surface area contributed by atoms with Crippen molar-refractivity contribution in [1.82, 2.24) is 9.80 Å². The molecular formula is C16H25ClN2O. The number of hydrogen-bond acceptors (Lipinski definition) is 3. The molecule has 1 aromatic rings. The molecule has 1 unspecified atom stereocenters. The zero-order valence-corrected chi connectivity index (χ0v) is 13.6. The molecule has 112 valence electrons. The SMILES string of the molecule is CO[C@H]1C[C@@H](CN(C)C(C)c2ccc(Cl)cc2)N(C)C1. The Morgan fingerprint density at radius 1 is 1.40 bits per heavy atom. The highest BCUT2D eigenvalue weighted by atomic mass is 35.5. The average Bonchev–Trinajstić information content (AvgIpc) is 2.79. The van der Waals surface area contributed by atoms with E-state index in [1.165, 1.54) is 5.56 Å². The number of likely N-dealkylation sites (tertiary alicyclic amines) is 1. The molecule has 0 aromatic heterocycles. The van der Waals surface area contributed by atoms with Gasteiger partial charge < -0.3 is 4.74 Å². The van der Waals surface area contributed by atoms with Gasteiger partial charge in [-0.15, -0.1) is 0 Å². The molecule has 1 aliphatic rings. The normalized spacial score (nSPS) is 25.3. The first kappa shape index (κ1) is 15.8. The summed E-state index contributed by atoms with van der Waals surface area (Å²) >= 11 is 5.95. The maximum absolute atomic E-state index is 5.95. The zero-order valence-electron chi connectivity index (χ0n) is 12.8. The van der Waals surface area contributed by atoms with Gasteiger partial charge in [-0.25, -0.2) is 0 Å². The molecule has 1 heterocycles. The molecule has 0 amide bonds. The lowest BCUT2D eigenvalue weighted by Crippen LogP contribution is -2.37. The minimum absolute atomic E-state index is 0.379. The molecule has 0 N–H and O–H groups in total. The van der Waals surface area contributed by atoms with E-state index < -0.39 is 0 Å². The molecule has 1 aliphatic heterocycles. The van der Waals surface area contributed by atoms with Gasteiger partial charge in [0.1, 0.15) is 0 Å². The van der Waals surface area contributed by atoms with Crippen molar-refractivity contribution in [3.8, 4) is 0 Å². The first-order valence-electron chi connectivity index (χ1n) is 7.20. The second kappa shape index (κ2) is 6.90. The second-order valence-corrected chi connectivity index (χ2v) is 6.29. The van der Waals surface area contributed by atoms with Gasteiger partial charge >= 0.3 is 0 Å². The summed E-state index contributed by atoms with van der Waals surface area (Å²) in [5.74, 6) is 0. The Labute approximate surface area is 127 Å². The maximum atomic E-state index is 5.95. The van der Waals surface area contributed by atoms with Crippen molar-refractivity contribution in [2.75, 3.05) is 34.3 Å². The number of benzene rings is 1. The number of rotatable bonds is 5. The fourth-order valence-electron chi connectivity index (χ4n) is 2.90. The van der Waals surface area contributed by atoms with E-state index in [4.69, 9.17) is 16.3 Å². The highest BCUT2D eigenvalue weighted by Crippen LogP contribution is 2.24. The van der Waals surface area contributed by atoms with Crippen LogP contribution in [0.4, 0.5) is 0 Å². The van der Waals surface area contributed by atoms with Crippen molar-refractivity contribution >= 4 is 11.6 Å². The van der Waals surface area contributed by atoms with Crippen molar-refractivity contribution < 1.29 is 4.74 Å². The van der Waals surface area contributed by atoms with Crippen LogP contribution >= 0.6 is 11.6 Å². The van der Waals surface area contributed by atoms with Crippen LogP contribution in [0.1, 0.15) is 24.9 Å². The molecule has 0 radical (unpaired) electrons. The van der Waals surface area contributed by atoms with E-state index in [0.717, 1.165) is 24.5 Å². The van der Waals surface area contributed by atoms with E-state index in [2.05, 4.69) is 43.0 Å². The number of ether oxygens (including phenoxy) is 1. The van der Waals surface area contributed by atoms with E-state index in [0.29, 0.717) is 18.2 Å². The molecule has 1 aromatic carbocycles. The van der Waals surface area contributed by atoms with Crippen LogP contribution in [0.2, 0.25) is 5.02 Å². The summed E-state index contributed by atoms with van der Waals surface area (Å²) < 4.78 is 5.48. The molecule has 20 heavy (non-hydrogen) atoms. The van der Waals surface area contributed by atoms with Gasteiger partial charge in [-0.3, -0.25) is 9.80 Å². The van der Waals surface area contributed by atoms with Crippen molar-refractivity contribution in [2.45, 2.75) is 31.5 Å². The molecule has 3 atom stereocenters. The summed E-state index contributed by atoms with van der Waals surface area (Å²) in [5, 5.41) is 0.794. The molecule has 0 bridgehead atoms. The summed E-state index contributed by atoms with van der Waals surface area (Å²) in [6.45, 7) is 4.33. The van der Waals surface area contributed by atoms with Gasteiger partial charge in [-0.05, 0) is 45.1 Å². The summed E-state index contributed by atoms with van der Waals surface area (Å²) in [7, 11) is 6.18. The van der Waals surface area contributed by atoms with E-state index in [1.54, 1.807) is 7.11 Å². The first-order chi connectivity index (χ1) is 9.51. The van der Waals surface area contributed by atoms with Gasteiger partial charge in [-0.1, -0.05) is 23.7 Å². The van der Waals surface area contributed by atoms with Crippen LogP contribution in [0.25, 0.3) is 0 Å². The zero-order chi connectivity index (χ0) is 14.7. The number of methoxy groups -OCH3 is 1. The van der Waals surface area contributed by atoms with Gasteiger partial charge in [0.15, 0.2) is 0 Å². The third kappa shape index (κ3) is 3.73. The monoisotopic (exact) mass is 296 g/mol. The molecule has 2 rings (SSSR count). The lowest BCUT2D eigenvalue weighted by atomic mass is 10.1. The summed E-state index contributed by atoms with van der Waals surface area (Å²) in [6.07, 6.45) is 1.49. The lowest BCUT2D eigenvalue weighted by molar-refractivity contribution is 0.111. The second-order valence-electron chi connectivity index (χ2n) is 5.85. The average molecular weight is 297 g/mol. The predicted molar refractivity (Wildman–Crippen MR) is 84.3 cm³/mol. The first-order valence-corrected chi connectivity index (χ1v) is 7.57. The topological polar surface area (TPSA) is 15.7 Å².